The lowest BCUT2D eigenvalue weighted by Crippen LogP contribution is -2.25. The molecule has 1 atom stereocenters. The Kier molecular flexibility index (Phi) is 6.44. The maximum atomic E-state index is 11.7. The van der Waals surface area contributed by atoms with Gasteiger partial charge in [0.05, 0.1) is 12.6 Å². The van der Waals surface area contributed by atoms with Crippen LogP contribution in [0.25, 0.3) is 0 Å². The van der Waals surface area contributed by atoms with Crippen LogP contribution in [0.15, 0.2) is 5.38 Å². The van der Waals surface area contributed by atoms with E-state index in [1.807, 2.05) is 6.92 Å². The molecule has 19 heavy (non-hydrogen) atoms. The second-order valence-corrected chi connectivity index (χ2v) is 4.91. The van der Waals surface area contributed by atoms with Crippen LogP contribution in [0.2, 0.25) is 0 Å². The van der Waals surface area contributed by atoms with E-state index in [2.05, 4.69) is 10.3 Å². The normalized spacial score (nSPS) is 11.9. The van der Waals surface area contributed by atoms with Crippen LogP contribution in [-0.4, -0.2) is 30.0 Å². The molecule has 1 unspecified atom stereocenters. The van der Waals surface area contributed by atoms with Gasteiger partial charge in [0.15, 0.2) is 0 Å². The summed E-state index contributed by atoms with van der Waals surface area (Å²) in [6.45, 7) is 4.38. The average molecular weight is 285 g/mol. The van der Waals surface area contributed by atoms with E-state index in [0.29, 0.717) is 31.7 Å². The van der Waals surface area contributed by atoms with Crippen molar-refractivity contribution in [2.45, 2.75) is 32.7 Å². The van der Waals surface area contributed by atoms with E-state index < -0.39 is 0 Å². The van der Waals surface area contributed by atoms with Gasteiger partial charge >= 0.3 is 5.97 Å². The highest BCUT2D eigenvalue weighted by atomic mass is 32.1. The largest absolute Gasteiger partial charge is 0.466 e. The minimum atomic E-state index is -0.246. The van der Waals surface area contributed by atoms with Crippen LogP contribution in [0.1, 0.15) is 48.2 Å². The zero-order valence-corrected chi connectivity index (χ0v) is 12.0. The van der Waals surface area contributed by atoms with Gasteiger partial charge in [-0.05, 0) is 20.3 Å². The second kappa shape index (κ2) is 7.85. The maximum absolute atomic E-state index is 11.7. The average Bonchev–Trinajstić information content (AvgIpc) is 2.84. The summed E-state index contributed by atoms with van der Waals surface area (Å²) in [4.78, 5) is 26.9. The number of ether oxygens (including phenoxy) is 1. The fourth-order valence-electron chi connectivity index (χ4n) is 1.36. The molecule has 0 aromatic carbocycles. The number of rotatable bonds is 7. The van der Waals surface area contributed by atoms with Crippen LogP contribution in [0, 0.1) is 0 Å². The van der Waals surface area contributed by atoms with Crippen molar-refractivity contribution in [1.82, 2.24) is 10.3 Å². The van der Waals surface area contributed by atoms with Crippen molar-refractivity contribution in [2.24, 2.45) is 5.73 Å². The first-order chi connectivity index (χ1) is 9.04. The van der Waals surface area contributed by atoms with E-state index in [9.17, 15) is 9.59 Å². The van der Waals surface area contributed by atoms with Crippen molar-refractivity contribution in [3.8, 4) is 0 Å². The third-order valence-corrected chi connectivity index (χ3v) is 3.34. The van der Waals surface area contributed by atoms with Gasteiger partial charge in [-0.15, -0.1) is 11.3 Å². The zero-order valence-electron chi connectivity index (χ0n) is 11.1. The van der Waals surface area contributed by atoms with Gasteiger partial charge in [0.2, 0.25) is 0 Å². The van der Waals surface area contributed by atoms with Crippen LogP contribution in [-0.2, 0) is 9.53 Å². The summed E-state index contributed by atoms with van der Waals surface area (Å²) >= 11 is 1.37. The van der Waals surface area contributed by atoms with Crippen LogP contribution in [0.3, 0.4) is 0 Å². The van der Waals surface area contributed by atoms with Crippen molar-refractivity contribution < 1.29 is 14.3 Å². The fourth-order valence-corrected chi connectivity index (χ4v) is 2.12. The molecule has 1 amide bonds. The van der Waals surface area contributed by atoms with Crippen LogP contribution >= 0.6 is 11.3 Å². The SMILES string of the molecule is CCOC(=O)CCCNC(=O)c1csc(C(C)N)n1. The maximum Gasteiger partial charge on any atom is 0.305 e. The molecule has 6 nitrogen and oxygen atoms in total. The molecule has 1 aromatic rings. The topological polar surface area (TPSA) is 94.3 Å². The van der Waals surface area contributed by atoms with Crippen LogP contribution in [0.5, 0.6) is 0 Å². The van der Waals surface area contributed by atoms with Crippen LogP contribution in [0.4, 0.5) is 0 Å². The number of carbonyl (C=O) groups excluding carboxylic acids is 2. The summed E-state index contributed by atoms with van der Waals surface area (Å²) in [7, 11) is 0. The number of nitrogens with two attached hydrogens (primary N) is 1. The lowest BCUT2D eigenvalue weighted by molar-refractivity contribution is -0.143. The van der Waals surface area contributed by atoms with Gasteiger partial charge < -0.3 is 15.8 Å². The summed E-state index contributed by atoms with van der Waals surface area (Å²) < 4.78 is 4.79. The molecular formula is C12H19N3O3S. The predicted octanol–water partition coefficient (Wildman–Crippen LogP) is 1.24. The number of hydrogen-bond acceptors (Lipinski definition) is 6. The number of carbonyl (C=O) groups is 2. The molecule has 0 aliphatic carbocycles. The van der Waals surface area contributed by atoms with Crippen LogP contribution < -0.4 is 11.1 Å². The van der Waals surface area contributed by atoms with Gasteiger partial charge in [-0.1, -0.05) is 0 Å². The number of nitrogens with one attached hydrogen (secondary N) is 1. The van der Waals surface area contributed by atoms with E-state index in [-0.39, 0.29) is 17.9 Å². The van der Waals surface area contributed by atoms with E-state index in [4.69, 9.17) is 10.5 Å². The number of aromatic nitrogens is 1. The molecule has 1 rings (SSSR count). The van der Waals surface area contributed by atoms with Gasteiger partial charge in [-0.2, -0.15) is 0 Å². The van der Waals surface area contributed by atoms with E-state index in [0.717, 1.165) is 5.01 Å². The van der Waals surface area contributed by atoms with Crippen molar-refractivity contribution in [1.29, 1.82) is 0 Å². The smallest absolute Gasteiger partial charge is 0.305 e. The monoisotopic (exact) mass is 285 g/mol. The molecule has 0 aliphatic heterocycles. The first-order valence-corrected chi connectivity index (χ1v) is 7.07. The minimum Gasteiger partial charge on any atom is -0.466 e. The molecule has 7 heteroatoms. The number of nitrogens with zero attached hydrogens (tertiary/aromatic N) is 1. The third kappa shape index (κ3) is 5.35. The summed E-state index contributed by atoms with van der Waals surface area (Å²) in [5, 5.41) is 5.12. The Balaban J connectivity index is 2.29. The van der Waals surface area contributed by atoms with Crippen molar-refractivity contribution in [3.05, 3.63) is 16.1 Å². The molecule has 0 radical (unpaired) electrons. The Labute approximate surface area is 116 Å². The van der Waals surface area contributed by atoms with Gasteiger partial charge in [-0.25, -0.2) is 4.98 Å². The molecular weight excluding hydrogens is 266 g/mol. The highest BCUT2D eigenvalue weighted by Gasteiger charge is 2.12. The van der Waals surface area contributed by atoms with Crippen molar-refractivity contribution >= 4 is 23.2 Å². The lowest BCUT2D eigenvalue weighted by atomic mass is 10.3. The summed E-state index contributed by atoms with van der Waals surface area (Å²) in [5.41, 5.74) is 6.04. The van der Waals surface area contributed by atoms with Crippen molar-refractivity contribution in [3.63, 3.8) is 0 Å². The molecule has 106 valence electrons. The van der Waals surface area contributed by atoms with Gasteiger partial charge in [-0.3, -0.25) is 9.59 Å². The number of hydrogen-bond donors (Lipinski definition) is 2. The summed E-state index contributed by atoms with van der Waals surface area (Å²) in [5.74, 6) is -0.489. The van der Waals surface area contributed by atoms with Gasteiger partial charge in [0.25, 0.3) is 5.91 Å². The molecule has 1 heterocycles. The Bertz CT molecular complexity index is 432. The summed E-state index contributed by atoms with van der Waals surface area (Å²) in [6.07, 6.45) is 0.852. The Morgan fingerprint density at radius 3 is 2.89 bits per heavy atom. The van der Waals surface area contributed by atoms with E-state index >= 15 is 0 Å². The molecule has 1 aromatic heterocycles. The lowest BCUT2D eigenvalue weighted by Gasteiger charge is -2.03. The Morgan fingerprint density at radius 1 is 1.58 bits per heavy atom. The fraction of sp³-hybridized carbons (Fsp3) is 0.583. The number of esters is 1. The Hall–Kier alpha value is -1.47. The van der Waals surface area contributed by atoms with Crippen molar-refractivity contribution in [2.75, 3.05) is 13.2 Å². The second-order valence-electron chi connectivity index (χ2n) is 4.02. The molecule has 3 N–H and O–H groups in total. The zero-order chi connectivity index (χ0) is 14.3. The predicted molar refractivity (Wildman–Crippen MR) is 72.9 cm³/mol. The highest BCUT2D eigenvalue weighted by Crippen LogP contribution is 2.15. The molecule has 0 saturated carbocycles. The first kappa shape index (κ1) is 15.6. The number of thiazole rings is 1. The molecule has 0 fully saturated rings. The van der Waals surface area contributed by atoms with Gasteiger partial charge in [0.1, 0.15) is 10.7 Å². The molecule has 0 bridgehead atoms. The standard InChI is InChI=1S/C12H19N3O3S/c1-3-18-10(16)5-4-6-14-11(17)9-7-19-12(15-9)8(2)13/h7-8H,3-6,13H2,1-2H3,(H,14,17). The molecule has 0 saturated heterocycles. The minimum absolute atomic E-state index is 0.171. The Morgan fingerprint density at radius 2 is 2.32 bits per heavy atom. The third-order valence-electron chi connectivity index (χ3n) is 2.29. The summed E-state index contributed by atoms with van der Waals surface area (Å²) in [6, 6.07) is -0.171. The molecule has 0 aliphatic rings. The van der Waals surface area contributed by atoms with E-state index in [1.165, 1.54) is 11.3 Å². The quantitative estimate of drug-likeness (QED) is 0.580. The number of amides is 1. The van der Waals surface area contributed by atoms with E-state index in [1.54, 1.807) is 12.3 Å². The molecule has 0 spiro atoms. The first-order valence-electron chi connectivity index (χ1n) is 6.19. The van der Waals surface area contributed by atoms with Gasteiger partial charge in [0, 0.05) is 18.3 Å². The highest BCUT2D eigenvalue weighted by molar-refractivity contribution is 7.09.